The fraction of sp³-hybridized carbons (Fsp3) is 0.423. The Bertz CT molecular complexity index is 1470. The summed E-state index contributed by atoms with van der Waals surface area (Å²) in [6.45, 7) is 0.941. The molecule has 9 atom stereocenters. The molecular formula is C26H28O14. The van der Waals surface area contributed by atoms with E-state index in [2.05, 4.69) is 0 Å². The lowest BCUT2D eigenvalue weighted by atomic mass is 9.91. The van der Waals surface area contributed by atoms with Crippen LogP contribution in [0.25, 0.3) is 22.3 Å². The summed E-state index contributed by atoms with van der Waals surface area (Å²) in [7, 11) is 0. The average molecular weight is 564 g/mol. The minimum absolute atomic E-state index is 0.0497. The Morgan fingerprint density at radius 1 is 0.850 bits per heavy atom. The van der Waals surface area contributed by atoms with Crippen LogP contribution in [0.3, 0.4) is 0 Å². The third-order valence-electron chi connectivity index (χ3n) is 7.13. The SMILES string of the molecule is CC1O[C@@H](OC2[C@@H](O)[C@H](O)CO[C@H]2c2c(O)cc3oc(-c4ccc(O)c(O)c4)cc(=O)c3c2O)C(O)[C@@H](O)[C@H]1O. The van der Waals surface area contributed by atoms with Gasteiger partial charge in [-0.05, 0) is 25.1 Å². The highest BCUT2D eigenvalue weighted by atomic mass is 16.7. The van der Waals surface area contributed by atoms with Gasteiger partial charge in [0.15, 0.2) is 23.2 Å². The van der Waals surface area contributed by atoms with Crippen molar-refractivity contribution in [1.29, 1.82) is 0 Å². The van der Waals surface area contributed by atoms with Gasteiger partial charge in [-0.3, -0.25) is 4.79 Å². The van der Waals surface area contributed by atoms with Crippen LogP contribution in [0.4, 0.5) is 0 Å². The lowest BCUT2D eigenvalue weighted by Gasteiger charge is -2.44. The standard InChI is InChI=1S/C26H28O14/c1-8-19(32)22(35)23(36)26(38-8)40-25-20(33)14(31)7-37-24(25)18-13(30)6-16-17(21(18)34)12(29)5-15(39-16)9-2-3-10(27)11(28)4-9/h2-6,8,14,19-20,22-28,30-36H,7H2,1H3/t8?,14-,19+,20+,22+,23?,24+,25?,26+/m1/s1. The molecule has 0 aliphatic carbocycles. The van der Waals surface area contributed by atoms with E-state index >= 15 is 0 Å². The van der Waals surface area contributed by atoms with Gasteiger partial charge in [0.05, 0.1) is 18.3 Å². The summed E-state index contributed by atoms with van der Waals surface area (Å²) in [5, 5.41) is 92.4. The zero-order valence-corrected chi connectivity index (χ0v) is 20.9. The van der Waals surface area contributed by atoms with Crippen molar-refractivity contribution in [3.05, 3.63) is 46.1 Å². The number of hydrogen-bond donors (Lipinski definition) is 9. The van der Waals surface area contributed by atoms with Gasteiger partial charge >= 0.3 is 0 Å². The van der Waals surface area contributed by atoms with Gasteiger partial charge in [-0.2, -0.15) is 0 Å². The molecule has 0 saturated carbocycles. The van der Waals surface area contributed by atoms with Gasteiger partial charge in [0.25, 0.3) is 0 Å². The molecule has 14 heteroatoms. The number of fused-ring (bicyclic) bond motifs is 1. The van der Waals surface area contributed by atoms with Crippen molar-refractivity contribution < 1.29 is 64.6 Å². The third-order valence-corrected chi connectivity index (χ3v) is 7.13. The molecule has 9 N–H and O–H groups in total. The maximum Gasteiger partial charge on any atom is 0.197 e. The normalized spacial score (nSPS) is 32.8. The summed E-state index contributed by atoms with van der Waals surface area (Å²) in [4.78, 5) is 13.1. The van der Waals surface area contributed by atoms with E-state index in [4.69, 9.17) is 18.6 Å². The molecule has 2 aliphatic heterocycles. The van der Waals surface area contributed by atoms with E-state index in [0.29, 0.717) is 0 Å². The molecule has 1 aromatic heterocycles. The molecule has 0 bridgehead atoms. The molecule has 5 rings (SSSR count). The second kappa shape index (κ2) is 10.5. The first kappa shape index (κ1) is 28.1. The highest BCUT2D eigenvalue weighted by Crippen LogP contribution is 2.45. The number of ether oxygens (including phenoxy) is 3. The van der Waals surface area contributed by atoms with Gasteiger partial charge in [0, 0.05) is 17.7 Å². The predicted molar refractivity (Wildman–Crippen MR) is 133 cm³/mol. The largest absolute Gasteiger partial charge is 0.507 e. The average Bonchev–Trinajstić information content (AvgIpc) is 2.90. The Hall–Kier alpha value is -3.47. The van der Waals surface area contributed by atoms with E-state index in [1.54, 1.807) is 0 Å². The minimum Gasteiger partial charge on any atom is -0.507 e. The number of rotatable bonds is 4. The molecule has 216 valence electrons. The van der Waals surface area contributed by atoms with Crippen LogP contribution in [-0.2, 0) is 14.2 Å². The minimum atomic E-state index is -1.78. The molecule has 0 radical (unpaired) electrons. The lowest BCUT2D eigenvalue weighted by molar-refractivity contribution is -0.331. The van der Waals surface area contributed by atoms with Crippen LogP contribution in [0, 0.1) is 0 Å². The Morgan fingerprint density at radius 2 is 1.57 bits per heavy atom. The zero-order valence-electron chi connectivity index (χ0n) is 20.9. The summed E-state index contributed by atoms with van der Waals surface area (Å²) in [5.74, 6) is -2.33. The second-order valence-corrected chi connectivity index (χ2v) is 9.80. The van der Waals surface area contributed by atoms with Crippen molar-refractivity contribution in [2.45, 2.75) is 62.0 Å². The fourth-order valence-corrected chi connectivity index (χ4v) is 4.88. The number of phenolic OH excluding ortho intramolecular Hbond substituents is 4. The molecule has 40 heavy (non-hydrogen) atoms. The quantitative estimate of drug-likeness (QED) is 0.178. The Morgan fingerprint density at radius 3 is 2.27 bits per heavy atom. The number of hydrogen-bond acceptors (Lipinski definition) is 14. The summed E-state index contributed by atoms with van der Waals surface area (Å²) in [5.41, 5.74) is -1.19. The van der Waals surface area contributed by atoms with Gasteiger partial charge in [-0.1, -0.05) is 0 Å². The number of aromatic hydroxyl groups is 4. The number of aliphatic hydroxyl groups excluding tert-OH is 5. The van der Waals surface area contributed by atoms with Crippen molar-refractivity contribution in [1.82, 2.24) is 0 Å². The van der Waals surface area contributed by atoms with Gasteiger partial charge in [0.2, 0.25) is 0 Å². The lowest BCUT2D eigenvalue weighted by Crippen LogP contribution is -2.60. The highest BCUT2D eigenvalue weighted by molar-refractivity contribution is 5.88. The molecule has 2 fully saturated rings. The van der Waals surface area contributed by atoms with Crippen molar-refractivity contribution in [3.8, 4) is 34.3 Å². The van der Waals surface area contributed by atoms with E-state index in [1.165, 1.54) is 19.1 Å². The number of aliphatic hydroxyl groups is 5. The molecule has 2 aromatic carbocycles. The monoisotopic (exact) mass is 564 g/mol. The van der Waals surface area contributed by atoms with Crippen LogP contribution in [-0.4, -0.2) is 102 Å². The Labute approximate surface area is 225 Å². The van der Waals surface area contributed by atoms with Crippen LogP contribution in [0.15, 0.2) is 39.5 Å². The van der Waals surface area contributed by atoms with Gasteiger partial charge in [-0.25, -0.2) is 0 Å². The van der Waals surface area contributed by atoms with E-state index < -0.39 is 95.7 Å². The Kier molecular flexibility index (Phi) is 7.37. The molecule has 3 heterocycles. The molecule has 3 unspecified atom stereocenters. The third kappa shape index (κ3) is 4.74. The van der Waals surface area contributed by atoms with Crippen LogP contribution < -0.4 is 5.43 Å². The van der Waals surface area contributed by atoms with Crippen molar-refractivity contribution in [2.75, 3.05) is 6.61 Å². The maximum atomic E-state index is 13.1. The molecule has 0 amide bonds. The van der Waals surface area contributed by atoms with Crippen molar-refractivity contribution in [2.24, 2.45) is 0 Å². The van der Waals surface area contributed by atoms with Crippen LogP contribution >= 0.6 is 0 Å². The molecule has 2 saturated heterocycles. The molecule has 0 spiro atoms. The van der Waals surface area contributed by atoms with Crippen LogP contribution in [0.5, 0.6) is 23.0 Å². The molecule has 14 nitrogen and oxygen atoms in total. The summed E-state index contributed by atoms with van der Waals surface area (Å²) in [6, 6.07) is 5.73. The summed E-state index contributed by atoms with van der Waals surface area (Å²) < 4.78 is 22.4. The zero-order chi connectivity index (χ0) is 29.0. The van der Waals surface area contributed by atoms with Crippen LogP contribution in [0.1, 0.15) is 18.6 Å². The second-order valence-electron chi connectivity index (χ2n) is 9.80. The number of benzene rings is 2. The number of phenols is 4. The van der Waals surface area contributed by atoms with Gasteiger partial charge < -0.3 is 64.6 Å². The van der Waals surface area contributed by atoms with Gasteiger partial charge in [0.1, 0.15) is 71.0 Å². The van der Waals surface area contributed by atoms with Gasteiger partial charge in [-0.15, -0.1) is 0 Å². The van der Waals surface area contributed by atoms with Crippen molar-refractivity contribution in [3.63, 3.8) is 0 Å². The first-order valence-electron chi connectivity index (χ1n) is 12.3. The topological polar surface area (TPSA) is 240 Å². The highest BCUT2D eigenvalue weighted by Gasteiger charge is 2.49. The Balaban J connectivity index is 1.56. The maximum absolute atomic E-state index is 13.1. The fourth-order valence-electron chi connectivity index (χ4n) is 4.88. The van der Waals surface area contributed by atoms with E-state index in [9.17, 15) is 50.8 Å². The van der Waals surface area contributed by atoms with E-state index in [1.807, 2.05) is 0 Å². The first-order valence-corrected chi connectivity index (χ1v) is 12.3. The first-order chi connectivity index (χ1) is 18.9. The molecular weight excluding hydrogens is 536 g/mol. The van der Waals surface area contributed by atoms with Crippen molar-refractivity contribution >= 4 is 11.0 Å². The van der Waals surface area contributed by atoms with Crippen LogP contribution in [0.2, 0.25) is 0 Å². The molecule has 2 aliphatic rings. The smallest absolute Gasteiger partial charge is 0.197 e. The predicted octanol–water partition coefficient (Wildman–Crippen LogP) is -0.712. The molecule has 3 aromatic rings. The van der Waals surface area contributed by atoms with E-state index in [0.717, 1.165) is 18.2 Å². The summed E-state index contributed by atoms with van der Waals surface area (Å²) >= 11 is 0. The summed E-state index contributed by atoms with van der Waals surface area (Å²) in [6.07, 6.45) is -13.8. The van der Waals surface area contributed by atoms with E-state index in [-0.39, 0.29) is 22.3 Å².